The fourth-order valence-corrected chi connectivity index (χ4v) is 1.52. The maximum absolute atomic E-state index is 5.81. The summed E-state index contributed by atoms with van der Waals surface area (Å²) in [5.74, 6) is 1.91. The number of halogens is 1. The van der Waals surface area contributed by atoms with Crippen LogP contribution < -0.4 is 10.5 Å². The fraction of sp³-hybridized carbons (Fsp3) is 0.385. The highest BCUT2D eigenvalue weighted by molar-refractivity contribution is 5.85. The molecule has 19 heavy (non-hydrogen) atoms. The molecule has 1 heterocycles. The van der Waals surface area contributed by atoms with Crippen molar-refractivity contribution in [1.29, 1.82) is 0 Å². The van der Waals surface area contributed by atoms with Crippen molar-refractivity contribution in [1.82, 2.24) is 10.1 Å². The standard InChI is InChI=1S/C13H17N3O2.ClH/c1-8(9(2)14)13-15-12(16-18-13)10-5-4-6-11(7-10)17-3;/h4-9H,14H2,1-3H3;1H. The van der Waals surface area contributed by atoms with Gasteiger partial charge in [0.05, 0.1) is 13.0 Å². The summed E-state index contributed by atoms with van der Waals surface area (Å²) in [6.07, 6.45) is 0. The van der Waals surface area contributed by atoms with Gasteiger partial charge in [-0.15, -0.1) is 12.4 Å². The normalized spacial score (nSPS) is 13.5. The largest absolute Gasteiger partial charge is 0.497 e. The second-order valence-electron chi connectivity index (χ2n) is 4.34. The van der Waals surface area contributed by atoms with Crippen LogP contribution in [0.25, 0.3) is 11.4 Å². The number of nitrogens with two attached hydrogens (primary N) is 1. The lowest BCUT2D eigenvalue weighted by Crippen LogP contribution is -2.22. The first-order chi connectivity index (χ1) is 8.61. The van der Waals surface area contributed by atoms with Gasteiger partial charge in [-0.1, -0.05) is 24.2 Å². The molecule has 2 unspecified atom stereocenters. The molecule has 0 saturated heterocycles. The van der Waals surface area contributed by atoms with Crippen LogP contribution in [0.1, 0.15) is 25.7 Å². The van der Waals surface area contributed by atoms with Gasteiger partial charge >= 0.3 is 0 Å². The molecule has 2 atom stereocenters. The zero-order valence-electron chi connectivity index (χ0n) is 11.2. The van der Waals surface area contributed by atoms with E-state index in [1.807, 2.05) is 38.1 Å². The Morgan fingerprint density at radius 3 is 2.68 bits per heavy atom. The summed E-state index contributed by atoms with van der Waals surface area (Å²) in [7, 11) is 1.62. The van der Waals surface area contributed by atoms with Crippen LogP contribution in [0.3, 0.4) is 0 Å². The predicted molar refractivity (Wildman–Crippen MR) is 75.6 cm³/mol. The lowest BCUT2D eigenvalue weighted by molar-refractivity contribution is 0.346. The number of hydrogen-bond donors (Lipinski definition) is 1. The molecule has 0 aliphatic heterocycles. The first kappa shape index (κ1) is 15.5. The average molecular weight is 284 g/mol. The van der Waals surface area contributed by atoms with E-state index in [0.717, 1.165) is 11.3 Å². The zero-order chi connectivity index (χ0) is 13.1. The van der Waals surface area contributed by atoms with Crippen molar-refractivity contribution in [3.8, 4) is 17.1 Å². The van der Waals surface area contributed by atoms with Gasteiger partial charge in [0.1, 0.15) is 5.75 Å². The van der Waals surface area contributed by atoms with Crippen LogP contribution in [0.15, 0.2) is 28.8 Å². The van der Waals surface area contributed by atoms with Crippen molar-refractivity contribution in [2.75, 3.05) is 7.11 Å². The molecule has 1 aromatic carbocycles. The first-order valence-corrected chi connectivity index (χ1v) is 5.85. The summed E-state index contributed by atoms with van der Waals surface area (Å²) >= 11 is 0. The molecule has 5 nitrogen and oxygen atoms in total. The SMILES string of the molecule is COc1cccc(-c2noc(C(C)C(C)N)n2)c1.Cl. The van der Waals surface area contributed by atoms with Gasteiger partial charge in [-0.2, -0.15) is 4.98 Å². The monoisotopic (exact) mass is 283 g/mol. The molecule has 0 aliphatic rings. The minimum absolute atomic E-state index is 0. The lowest BCUT2D eigenvalue weighted by atomic mass is 10.1. The van der Waals surface area contributed by atoms with Crippen LogP contribution in [0.5, 0.6) is 5.75 Å². The smallest absolute Gasteiger partial charge is 0.231 e. The number of ether oxygens (including phenoxy) is 1. The molecule has 0 spiro atoms. The Morgan fingerprint density at radius 2 is 2.05 bits per heavy atom. The molecule has 0 bridgehead atoms. The lowest BCUT2D eigenvalue weighted by Gasteiger charge is -2.09. The van der Waals surface area contributed by atoms with E-state index >= 15 is 0 Å². The van der Waals surface area contributed by atoms with Gasteiger partial charge in [0.2, 0.25) is 11.7 Å². The molecule has 2 N–H and O–H groups in total. The van der Waals surface area contributed by atoms with Crippen LogP contribution in [-0.2, 0) is 0 Å². The van der Waals surface area contributed by atoms with E-state index in [0.29, 0.717) is 11.7 Å². The predicted octanol–water partition coefficient (Wildman–Crippen LogP) is 2.62. The highest BCUT2D eigenvalue weighted by Crippen LogP contribution is 2.23. The van der Waals surface area contributed by atoms with E-state index < -0.39 is 0 Å². The summed E-state index contributed by atoms with van der Waals surface area (Å²) in [6, 6.07) is 7.51. The van der Waals surface area contributed by atoms with Crippen molar-refractivity contribution in [2.24, 2.45) is 5.73 Å². The third-order valence-corrected chi connectivity index (χ3v) is 2.95. The quantitative estimate of drug-likeness (QED) is 0.933. The summed E-state index contributed by atoms with van der Waals surface area (Å²) in [4.78, 5) is 4.36. The average Bonchev–Trinajstić information content (AvgIpc) is 2.87. The van der Waals surface area contributed by atoms with Crippen molar-refractivity contribution >= 4 is 12.4 Å². The van der Waals surface area contributed by atoms with Gasteiger partial charge < -0.3 is 15.0 Å². The number of rotatable bonds is 4. The number of nitrogens with zero attached hydrogens (tertiary/aromatic N) is 2. The first-order valence-electron chi connectivity index (χ1n) is 5.85. The van der Waals surface area contributed by atoms with E-state index in [-0.39, 0.29) is 24.4 Å². The highest BCUT2D eigenvalue weighted by atomic mass is 35.5. The Labute approximate surface area is 118 Å². The molecule has 1 aromatic heterocycles. The van der Waals surface area contributed by atoms with Crippen molar-refractivity contribution in [2.45, 2.75) is 25.8 Å². The van der Waals surface area contributed by atoms with Crippen molar-refractivity contribution in [3.05, 3.63) is 30.2 Å². The van der Waals surface area contributed by atoms with Crippen molar-refractivity contribution in [3.63, 3.8) is 0 Å². The fourth-order valence-electron chi connectivity index (χ4n) is 1.52. The van der Waals surface area contributed by atoms with Crippen LogP contribution in [0.4, 0.5) is 0 Å². The topological polar surface area (TPSA) is 74.2 Å². The molecule has 0 amide bonds. The van der Waals surface area contributed by atoms with Crippen LogP contribution in [0.2, 0.25) is 0 Å². The third kappa shape index (κ3) is 3.45. The molecule has 6 heteroatoms. The van der Waals surface area contributed by atoms with Gasteiger partial charge in [0.15, 0.2) is 0 Å². The maximum atomic E-state index is 5.81. The van der Waals surface area contributed by atoms with Gasteiger partial charge in [-0.25, -0.2) is 0 Å². The minimum Gasteiger partial charge on any atom is -0.497 e. The molecule has 0 aliphatic carbocycles. The second kappa shape index (κ2) is 6.54. The summed E-state index contributed by atoms with van der Waals surface area (Å²) in [5.41, 5.74) is 6.68. The van der Waals surface area contributed by atoms with E-state index in [4.69, 9.17) is 15.0 Å². The Kier molecular flexibility index (Phi) is 5.32. The molecule has 2 rings (SSSR count). The van der Waals surface area contributed by atoms with E-state index in [9.17, 15) is 0 Å². The Morgan fingerprint density at radius 1 is 1.32 bits per heavy atom. The molecule has 0 radical (unpaired) electrons. The molecule has 2 aromatic rings. The van der Waals surface area contributed by atoms with Gasteiger partial charge in [-0.3, -0.25) is 0 Å². The zero-order valence-corrected chi connectivity index (χ0v) is 12.0. The van der Waals surface area contributed by atoms with E-state index in [1.54, 1.807) is 7.11 Å². The summed E-state index contributed by atoms with van der Waals surface area (Å²) in [6.45, 7) is 3.88. The molecule has 0 fully saturated rings. The number of benzene rings is 1. The summed E-state index contributed by atoms with van der Waals surface area (Å²) in [5, 5.41) is 3.97. The van der Waals surface area contributed by atoms with E-state index in [2.05, 4.69) is 10.1 Å². The number of aromatic nitrogens is 2. The van der Waals surface area contributed by atoms with Crippen LogP contribution >= 0.6 is 12.4 Å². The minimum atomic E-state index is -0.0244. The Balaban J connectivity index is 0.00000180. The van der Waals surface area contributed by atoms with Crippen LogP contribution in [0, 0.1) is 0 Å². The number of hydrogen-bond acceptors (Lipinski definition) is 5. The van der Waals surface area contributed by atoms with Crippen LogP contribution in [-0.4, -0.2) is 23.3 Å². The van der Waals surface area contributed by atoms with Gasteiger partial charge in [-0.05, 0) is 19.1 Å². The third-order valence-electron chi connectivity index (χ3n) is 2.95. The Bertz CT molecular complexity index is 528. The van der Waals surface area contributed by atoms with E-state index in [1.165, 1.54) is 0 Å². The Hall–Kier alpha value is -1.59. The molecule has 0 saturated carbocycles. The van der Waals surface area contributed by atoms with Gasteiger partial charge in [0.25, 0.3) is 0 Å². The maximum Gasteiger partial charge on any atom is 0.231 e. The van der Waals surface area contributed by atoms with Crippen molar-refractivity contribution < 1.29 is 9.26 Å². The number of methoxy groups -OCH3 is 1. The summed E-state index contributed by atoms with van der Waals surface area (Å²) < 4.78 is 10.4. The molecule has 104 valence electrons. The molecular formula is C13H18ClN3O2. The molecular weight excluding hydrogens is 266 g/mol. The van der Waals surface area contributed by atoms with Gasteiger partial charge in [0, 0.05) is 11.6 Å². The highest BCUT2D eigenvalue weighted by Gasteiger charge is 2.18. The second-order valence-corrected chi connectivity index (χ2v) is 4.34.